The molecular weight excluding hydrogens is 192 g/mol. The molecule has 1 N–H and O–H groups in total. The summed E-state index contributed by atoms with van der Waals surface area (Å²) in [7, 11) is 0. The van der Waals surface area contributed by atoms with Crippen molar-refractivity contribution in [2.24, 2.45) is 4.99 Å². The highest BCUT2D eigenvalue weighted by atomic mass is 32.2. The zero-order chi connectivity index (χ0) is 9.42. The van der Waals surface area contributed by atoms with Crippen LogP contribution < -0.4 is 0 Å². The third-order valence-corrected chi connectivity index (χ3v) is 3.20. The lowest BCUT2D eigenvalue weighted by atomic mass is 10.2. The average molecular weight is 200 g/mol. The summed E-state index contributed by atoms with van der Waals surface area (Å²) in [6.07, 6.45) is 0.0824. The lowest BCUT2D eigenvalue weighted by Gasteiger charge is -2.25. The largest absolute Gasteiger partial charge is 0.480 e. The van der Waals surface area contributed by atoms with E-state index in [1.54, 1.807) is 4.90 Å². The molecule has 0 aliphatic carbocycles. The minimum Gasteiger partial charge on any atom is -0.480 e. The summed E-state index contributed by atoms with van der Waals surface area (Å²) < 4.78 is 0. The van der Waals surface area contributed by atoms with Crippen molar-refractivity contribution < 1.29 is 14.7 Å². The summed E-state index contributed by atoms with van der Waals surface area (Å²) in [5.74, 6) is -1.06. The predicted octanol–water partition coefficient (Wildman–Crippen LogP) is -0.225. The number of nitrogens with zero attached hydrogens (tertiary/aromatic N) is 2. The first-order valence-corrected chi connectivity index (χ1v) is 4.81. The second-order valence-electron chi connectivity index (χ2n) is 2.86. The predicted molar refractivity (Wildman–Crippen MR) is 47.6 cm³/mol. The number of amidine groups is 1. The third kappa shape index (κ3) is 1.41. The third-order valence-electron chi connectivity index (χ3n) is 1.99. The maximum absolute atomic E-state index is 11.4. The SMILES string of the molecule is O=C(O)[C@@H]1CC(=O)N2CCN=C2S1. The maximum atomic E-state index is 11.4. The van der Waals surface area contributed by atoms with Gasteiger partial charge in [0.05, 0.1) is 13.0 Å². The molecule has 1 saturated heterocycles. The quantitative estimate of drug-likeness (QED) is 0.635. The van der Waals surface area contributed by atoms with Crippen molar-refractivity contribution in [1.82, 2.24) is 4.90 Å². The van der Waals surface area contributed by atoms with E-state index in [1.807, 2.05) is 0 Å². The number of thioether (sulfide) groups is 1. The summed E-state index contributed by atoms with van der Waals surface area (Å²) in [4.78, 5) is 27.6. The molecule has 5 nitrogen and oxygen atoms in total. The Bertz CT molecular complexity index is 302. The summed E-state index contributed by atoms with van der Waals surface area (Å²) in [6.45, 7) is 1.20. The summed E-state index contributed by atoms with van der Waals surface area (Å²) in [5.41, 5.74) is 0. The Hall–Kier alpha value is -1.04. The number of carboxylic acid groups (broad SMARTS) is 1. The number of aliphatic carboxylic acids is 1. The van der Waals surface area contributed by atoms with Gasteiger partial charge in [0.15, 0.2) is 5.17 Å². The highest BCUT2D eigenvalue weighted by Gasteiger charge is 2.37. The van der Waals surface area contributed by atoms with Crippen LogP contribution in [0, 0.1) is 0 Å². The number of carbonyl (C=O) groups is 2. The van der Waals surface area contributed by atoms with Crippen molar-refractivity contribution in [2.45, 2.75) is 11.7 Å². The number of hydrogen-bond acceptors (Lipinski definition) is 4. The minimum atomic E-state index is -0.937. The smallest absolute Gasteiger partial charge is 0.317 e. The average Bonchev–Trinajstić information content (AvgIpc) is 2.51. The van der Waals surface area contributed by atoms with E-state index in [0.717, 1.165) is 0 Å². The molecule has 1 fully saturated rings. The van der Waals surface area contributed by atoms with Crippen LogP contribution in [0.5, 0.6) is 0 Å². The fourth-order valence-corrected chi connectivity index (χ4v) is 2.40. The van der Waals surface area contributed by atoms with E-state index in [4.69, 9.17) is 5.11 Å². The molecule has 1 atom stereocenters. The van der Waals surface area contributed by atoms with Crippen LogP contribution in [0.15, 0.2) is 4.99 Å². The van der Waals surface area contributed by atoms with Crippen LogP contribution in [0.2, 0.25) is 0 Å². The lowest BCUT2D eigenvalue weighted by Crippen LogP contribution is -2.42. The fraction of sp³-hybridized carbons (Fsp3) is 0.571. The Labute approximate surface area is 78.8 Å². The van der Waals surface area contributed by atoms with E-state index in [0.29, 0.717) is 18.3 Å². The number of hydrogen-bond donors (Lipinski definition) is 1. The normalized spacial score (nSPS) is 27.1. The Morgan fingerprint density at radius 2 is 2.46 bits per heavy atom. The van der Waals surface area contributed by atoms with Gasteiger partial charge in [-0.15, -0.1) is 0 Å². The molecule has 0 aromatic heterocycles. The summed E-state index contributed by atoms with van der Waals surface area (Å²) >= 11 is 1.17. The van der Waals surface area contributed by atoms with Gasteiger partial charge < -0.3 is 5.11 Å². The van der Waals surface area contributed by atoms with E-state index in [2.05, 4.69) is 4.99 Å². The minimum absolute atomic E-state index is 0.0824. The zero-order valence-electron chi connectivity index (χ0n) is 6.77. The molecule has 0 radical (unpaired) electrons. The summed E-state index contributed by atoms with van der Waals surface area (Å²) in [6, 6.07) is 0. The molecule has 13 heavy (non-hydrogen) atoms. The van der Waals surface area contributed by atoms with E-state index < -0.39 is 11.2 Å². The maximum Gasteiger partial charge on any atom is 0.317 e. The van der Waals surface area contributed by atoms with Crippen molar-refractivity contribution in [3.05, 3.63) is 0 Å². The van der Waals surface area contributed by atoms with Crippen LogP contribution in [0.25, 0.3) is 0 Å². The first-order chi connectivity index (χ1) is 6.18. The molecule has 0 spiro atoms. The van der Waals surface area contributed by atoms with Gasteiger partial charge in [0.25, 0.3) is 0 Å². The van der Waals surface area contributed by atoms with Gasteiger partial charge in [-0.3, -0.25) is 19.5 Å². The first kappa shape index (κ1) is 8.55. The van der Waals surface area contributed by atoms with Gasteiger partial charge in [0.1, 0.15) is 5.25 Å². The molecule has 0 saturated carbocycles. The molecule has 70 valence electrons. The highest BCUT2D eigenvalue weighted by Crippen LogP contribution is 2.28. The standard InChI is InChI=1S/C7H8N2O3S/c10-5-3-4(6(11)12)13-7-8-1-2-9(5)7/h4H,1-3H2,(H,11,12)/t4-/m0/s1. The van der Waals surface area contributed by atoms with Gasteiger partial charge in [0, 0.05) is 6.54 Å². The number of amides is 1. The first-order valence-electron chi connectivity index (χ1n) is 3.93. The van der Waals surface area contributed by atoms with Gasteiger partial charge in [0.2, 0.25) is 5.91 Å². The van der Waals surface area contributed by atoms with Crippen LogP contribution in [-0.2, 0) is 9.59 Å². The second-order valence-corrected chi connectivity index (χ2v) is 4.03. The van der Waals surface area contributed by atoms with Gasteiger partial charge in [-0.2, -0.15) is 0 Å². The Morgan fingerprint density at radius 3 is 3.15 bits per heavy atom. The van der Waals surface area contributed by atoms with Gasteiger partial charge in [-0.1, -0.05) is 11.8 Å². The van der Waals surface area contributed by atoms with Crippen molar-refractivity contribution in [3.63, 3.8) is 0 Å². The molecule has 6 heteroatoms. The van der Waals surface area contributed by atoms with Gasteiger partial charge in [-0.05, 0) is 0 Å². The van der Waals surface area contributed by atoms with E-state index in [-0.39, 0.29) is 12.3 Å². The Balaban J connectivity index is 2.17. The summed E-state index contributed by atoms with van der Waals surface area (Å²) in [5, 5.41) is 8.65. The van der Waals surface area contributed by atoms with Crippen LogP contribution in [0.1, 0.15) is 6.42 Å². The topological polar surface area (TPSA) is 70.0 Å². The molecule has 0 aromatic rings. The number of rotatable bonds is 1. The number of fused-ring (bicyclic) bond motifs is 1. The number of aliphatic imine (C=N–C) groups is 1. The molecule has 1 amide bonds. The van der Waals surface area contributed by atoms with E-state index in [1.165, 1.54) is 11.8 Å². The molecule has 0 unspecified atom stereocenters. The molecule has 2 aliphatic heterocycles. The van der Waals surface area contributed by atoms with Crippen molar-refractivity contribution in [3.8, 4) is 0 Å². The fourth-order valence-electron chi connectivity index (χ4n) is 1.33. The molecule has 2 heterocycles. The van der Waals surface area contributed by atoms with Crippen LogP contribution in [0.4, 0.5) is 0 Å². The zero-order valence-corrected chi connectivity index (χ0v) is 7.58. The van der Waals surface area contributed by atoms with Crippen LogP contribution in [-0.4, -0.2) is 45.4 Å². The molecular formula is C7H8N2O3S. The van der Waals surface area contributed by atoms with Gasteiger partial charge in [-0.25, -0.2) is 0 Å². The number of carbonyl (C=O) groups excluding carboxylic acids is 1. The van der Waals surface area contributed by atoms with Crippen molar-refractivity contribution >= 4 is 28.8 Å². The second kappa shape index (κ2) is 3.02. The molecule has 0 bridgehead atoms. The van der Waals surface area contributed by atoms with Crippen molar-refractivity contribution in [2.75, 3.05) is 13.1 Å². The Kier molecular flexibility index (Phi) is 1.99. The molecule has 0 aromatic carbocycles. The monoisotopic (exact) mass is 200 g/mol. The highest BCUT2D eigenvalue weighted by molar-refractivity contribution is 8.15. The molecule has 2 aliphatic rings. The van der Waals surface area contributed by atoms with Crippen LogP contribution >= 0.6 is 11.8 Å². The van der Waals surface area contributed by atoms with Crippen molar-refractivity contribution in [1.29, 1.82) is 0 Å². The van der Waals surface area contributed by atoms with Crippen LogP contribution in [0.3, 0.4) is 0 Å². The van der Waals surface area contributed by atoms with Gasteiger partial charge >= 0.3 is 5.97 Å². The molecule has 2 rings (SSSR count). The van der Waals surface area contributed by atoms with E-state index in [9.17, 15) is 9.59 Å². The number of carboxylic acids is 1. The Morgan fingerprint density at radius 1 is 1.69 bits per heavy atom. The lowest BCUT2D eigenvalue weighted by molar-refractivity contribution is -0.139. The van der Waals surface area contributed by atoms with E-state index >= 15 is 0 Å².